The van der Waals surface area contributed by atoms with Gasteiger partial charge in [-0.1, -0.05) is 13.0 Å². The lowest BCUT2D eigenvalue weighted by Gasteiger charge is -2.30. The highest BCUT2D eigenvalue weighted by Gasteiger charge is 2.18. The van der Waals surface area contributed by atoms with Crippen LogP contribution in [-0.4, -0.2) is 70.2 Å². The molecule has 0 spiro atoms. The van der Waals surface area contributed by atoms with Crippen LogP contribution in [0, 0.1) is 5.92 Å². The minimum absolute atomic E-state index is 0.267. The third-order valence-electron chi connectivity index (χ3n) is 7.64. The number of H-pyrrole nitrogens is 1. The number of amides is 1. The number of nitrogens with one attached hydrogen (secondary N) is 3. The van der Waals surface area contributed by atoms with Crippen molar-refractivity contribution in [3.63, 3.8) is 0 Å². The molecule has 0 bridgehead atoms. The van der Waals surface area contributed by atoms with Crippen molar-refractivity contribution in [1.29, 1.82) is 0 Å². The molecule has 0 unspecified atom stereocenters. The van der Waals surface area contributed by atoms with Gasteiger partial charge in [-0.05, 0) is 73.3 Å². The van der Waals surface area contributed by atoms with Crippen molar-refractivity contribution >= 4 is 28.3 Å². The number of likely N-dealkylation sites (tertiary alicyclic amines) is 1. The number of anilines is 2. The lowest BCUT2D eigenvalue weighted by atomic mass is 9.98. The maximum atomic E-state index is 13.2. The molecular weight excluding hydrogens is 476 g/mol. The first-order valence-corrected chi connectivity index (χ1v) is 13.5. The van der Waals surface area contributed by atoms with Crippen molar-refractivity contribution in [2.75, 3.05) is 49.5 Å². The van der Waals surface area contributed by atoms with Gasteiger partial charge in [-0.15, -0.1) is 0 Å². The average molecular weight is 511 g/mol. The highest BCUT2D eigenvalue weighted by atomic mass is 16.1. The number of benzene rings is 1. The summed E-state index contributed by atoms with van der Waals surface area (Å²) in [6.07, 6.45) is 8.05. The quantitative estimate of drug-likeness (QED) is 0.361. The topological polar surface area (TPSA) is 102 Å². The number of rotatable bonds is 6. The van der Waals surface area contributed by atoms with E-state index < -0.39 is 0 Å². The van der Waals surface area contributed by atoms with Gasteiger partial charge in [-0.3, -0.25) is 19.8 Å². The normalized spacial score (nSPS) is 17.1. The number of carbonyl (C=O) groups excluding carboxylic acids is 1. The number of aromatic nitrogens is 4. The molecule has 0 atom stereocenters. The molecule has 2 aliphatic rings. The Balaban J connectivity index is 1.18. The largest absolute Gasteiger partial charge is 0.354 e. The summed E-state index contributed by atoms with van der Waals surface area (Å²) in [5.74, 6) is 1.47. The van der Waals surface area contributed by atoms with E-state index in [2.05, 4.69) is 53.6 Å². The van der Waals surface area contributed by atoms with Gasteiger partial charge in [0.15, 0.2) is 5.69 Å². The molecule has 4 aromatic rings. The number of aromatic amines is 1. The summed E-state index contributed by atoms with van der Waals surface area (Å²) < 4.78 is 0. The van der Waals surface area contributed by atoms with Crippen molar-refractivity contribution in [2.45, 2.75) is 26.3 Å². The summed E-state index contributed by atoms with van der Waals surface area (Å²) in [6, 6.07) is 12.1. The van der Waals surface area contributed by atoms with E-state index in [0.29, 0.717) is 11.4 Å². The number of carbonyl (C=O) groups is 1. The number of fused-ring (bicyclic) bond motifs is 1. The molecule has 3 N–H and O–H groups in total. The van der Waals surface area contributed by atoms with E-state index in [1.807, 2.05) is 42.7 Å². The third-order valence-corrected chi connectivity index (χ3v) is 7.64. The van der Waals surface area contributed by atoms with E-state index in [9.17, 15) is 4.79 Å². The lowest BCUT2D eigenvalue weighted by Crippen LogP contribution is -2.43. The molecule has 1 aromatic carbocycles. The first kappa shape index (κ1) is 24.5. The molecule has 5 heterocycles. The van der Waals surface area contributed by atoms with Crippen LogP contribution < -0.4 is 15.5 Å². The smallest absolute Gasteiger partial charge is 0.276 e. The average Bonchev–Trinajstić information content (AvgIpc) is 3.39. The summed E-state index contributed by atoms with van der Waals surface area (Å²) in [5.41, 5.74) is 5.08. The van der Waals surface area contributed by atoms with E-state index >= 15 is 0 Å². The van der Waals surface area contributed by atoms with Crippen molar-refractivity contribution in [1.82, 2.24) is 30.4 Å². The number of piperidine rings is 1. The van der Waals surface area contributed by atoms with Gasteiger partial charge in [0.2, 0.25) is 0 Å². The fraction of sp³-hybridized carbons (Fsp3) is 0.379. The van der Waals surface area contributed by atoms with E-state index in [1.54, 1.807) is 6.20 Å². The Hall–Kier alpha value is -3.82. The highest BCUT2D eigenvalue weighted by molar-refractivity contribution is 6.11. The first-order valence-electron chi connectivity index (χ1n) is 13.5. The maximum Gasteiger partial charge on any atom is 0.276 e. The monoisotopic (exact) mass is 510 g/mol. The zero-order valence-electron chi connectivity index (χ0n) is 21.8. The molecule has 0 saturated carbocycles. The fourth-order valence-corrected chi connectivity index (χ4v) is 5.31. The predicted molar refractivity (Wildman–Crippen MR) is 150 cm³/mol. The molecule has 1 amide bonds. The minimum atomic E-state index is -0.267. The van der Waals surface area contributed by atoms with Crippen molar-refractivity contribution < 1.29 is 4.79 Å². The van der Waals surface area contributed by atoms with Crippen molar-refractivity contribution in [3.8, 4) is 11.1 Å². The molecular formula is C29H34N8O. The van der Waals surface area contributed by atoms with Gasteiger partial charge in [0.25, 0.3) is 5.91 Å². The summed E-state index contributed by atoms with van der Waals surface area (Å²) in [6.45, 7) is 9.28. The van der Waals surface area contributed by atoms with Gasteiger partial charge in [0, 0.05) is 56.1 Å². The highest BCUT2D eigenvalue weighted by Crippen LogP contribution is 2.27. The number of piperazine rings is 1. The van der Waals surface area contributed by atoms with Gasteiger partial charge >= 0.3 is 0 Å². The Morgan fingerprint density at radius 1 is 1.00 bits per heavy atom. The van der Waals surface area contributed by atoms with Crippen LogP contribution in [0.1, 0.15) is 35.8 Å². The SMILES string of the molecule is CC1CCN(Cc2cncc(-c3ccc4[nH]nc(C(=O)Nc5ccc(N6CCNCC6)nc5)c4c3)c2)CC1. The number of pyridine rings is 2. The van der Waals surface area contributed by atoms with Crippen LogP contribution in [0.4, 0.5) is 11.5 Å². The molecule has 2 aliphatic heterocycles. The molecule has 38 heavy (non-hydrogen) atoms. The zero-order valence-corrected chi connectivity index (χ0v) is 21.8. The summed E-state index contributed by atoms with van der Waals surface area (Å²) in [7, 11) is 0. The molecule has 0 aliphatic carbocycles. The summed E-state index contributed by atoms with van der Waals surface area (Å²) >= 11 is 0. The standard InChI is InChI=1S/C29H34N8O/c1-20-6-10-36(11-7-20)19-21-14-23(17-31-16-21)22-2-4-26-25(15-22)28(35-34-26)29(38)33-24-3-5-27(32-18-24)37-12-8-30-9-13-37/h2-5,14-18,20,30H,6-13,19H2,1H3,(H,33,38)(H,34,35). The lowest BCUT2D eigenvalue weighted by molar-refractivity contribution is 0.102. The van der Waals surface area contributed by atoms with Crippen LogP contribution in [0.5, 0.6) is 0 Å². The maximum absolute atomic E-state index is 13.2. The Morgan fingerprint density at radius 2 is 1.84 bits per heavy atom. The molecule has 0 radical (unpaired) electrons. The van der Waals surface area contributed by atoms with Gasteiger partial charge in [-0.2, -0.15) is 5.10 Å². The Kier molecular flexibility index (Phi) is 7.02. The molecule has 2 fully saturated rings. The second-order valence-corrected chi connectivity index (χ2v) is 10.5. The molecule has 9 heteroatoms. The minimum Gasteiger partial charge on any atom is -0.354 e. The third kappa shape index (κ3) is 5.39. The number of hydrogen-bond donors (Lipinski definition) is 3. The van der Waals surface area contributed by atoms with Crippen molar-refractivity contribution in [2.24, 2.45) is 5.92 Å². The summed E-state index contributed by atoms with van der Waals surface area (Å²) in [4.78, 5) is 27.0. The van der Waals surface area contributed by atoms with Crippen LogP contribution in [0.25, 0.3) is 22.0 Å². The molecule has 2 saturated heterocycles. The van der Waals surface area contributed by atoms with Gasteiger partial charge in [0.1, 0.15) is 5.82 Å². The zero-order chi connectivity index (χ0) is 25.9. The number of hydrogen-bond acceptors (Lipinski definition) is 7. The summed E-state index contributed by atoms with van der Waals surface area (Å²) in [5, 5.41) is 14.4. The van der Waals surface area contributed by atoms with Crippen LogP contribution in [-0.2, 0) is 6.54 Å². The van der Waals surface area contributed by atoms with Gasteiger partial charge in [0.05, 0.1) is 17.4 Å². The Morgan fingerprint density at radius 3 is 2.63 bits per heavy atom. The van der Waals surface area contributed by atoms with Crippen LogP contribution in [0.2, 0.25) is 0 Å². The first-order chi connectivity index (χ1) is 18.6. The van der Waals surface area contributed by atoms with E-state index in [0.717, 1.165) is 79.6 Å². The van der Waals surface area contributed by atoms with E-state index in [4.69, 9.17) is 0 Å². The number of nitrogens with zero attached hydrogens (tertiary/aromatic N) is 5. The van der Waals surface area contributed by atoms with E-state index in [1.165, 1.54) is 18.4 Å². The molecule has 3 aromatic heterocycles. The Bertz CT molecular complexity index is 1400. The van der Waals surface area contributed by atoms with Crippen molar-refractivity contribution in [3.05, 3.63) is 66.2 Å². The van der Waals surface area contributed by atoms with Gasteiger partial charge < -0.3 is 15.5 Å². The molecule has 6 rings (SSSR count). The molecule has 196 valence electrons. The Labute approximate surface area is 222 Å². The van der Waals surface area contributed by atoms with E-state index in [-0.39, 0.29) is 5.91 Å². The second-order valence-electron chi connectivity index (χ2n) is 10.5. The van der Waals surface area contributed by atoms with Crippen LogP contribution in [0.15, 0.2) is 55.0 Å². The van der Waals surface area contributed by atoms with Crippen LogP contribution in [0.3, 0.4) is 0 Å². The van der Waals surface area contributed by atoms with Crippen LogP contribution >= 0.6 is 0 Å². The fourth-order valence-electron chi connectivity index (χ4n) is 5.31. The second kappa shape index (κ2) is 10.9. The predicted octanol–water partition coefficient (Wildman–Crippen LogP) is 3.91. The molecule has 9 nitrogen and oxygen atoms in total. The van der Waals surface area contributed by atoms with Gasteiger partial charge in [-0.25, -0.2) is 4.98 Å².